The maximum absolute atomic E-state index is 14.2. The molecular formula is C35H38N2O7. The van der Waals surface area contributed by atoms with Gasteiger partial charge in [0, 0.05) is 17.5 Å². The van der Waals surface area contributed by atoms with Crippen molar-refractivity contribution in [3.8, 4) is 22.6 Å². The topological polar surface area (TPSA) is 103 Å². The zero-order chi connectivity index (χ0) is 31.1. The van der Waals surface area contributed by atoms with Crippen LogP contribution in [0.2, 0.25) is 0 Å². The van der Waals surface area contributed by atoms with E-state index in [-0.39, 0.29) is 25.5 Å². The van der Waals surface area contributed by atoms with Gasteiger partial charge in [0.15, 0.2) is 0 Å². The number of methoxy groups -OCH3 is 3. The summed E-state index contributed by atoms with van der Waals surface area (Å²) in [6, 6.07) is 19.7. The van der Waals surface area contributed by atoms with Crippen LogP contribution in [0.3, 0.4) is 0 Å². The minimum atomic E-state index is -0.962. The van der Waals surface area contributed by atoms with Gasteiger partial charge in [0.1, 0.15) is 30.2 Å². The zero-order valence-electron chi connectivity index (χ0n) is 25.3. The molecule has 2 amide bonds. The summed E-state index contributed by atoms with van der Waals surface area (Å²) in [6.45, 7) is 0.187. The molecular weight excluding hydrogens is 560 g/mol. The van der Waals surface area contributed by atoms with Gasteiger partial charge < -0.3 is 29.2 Å². The average molecular weight is 599 g/mol. The van der Waals surface area contributed by atoms with Crippen LogP contribution >= 0.6 is 0 Å². The third-order valence-electron chi connectivity index (χ3n) is 8.29. The van der Waals surface area contributed by atoms with Crippen molar-refractivity contribution in [2.75, 3.05) is 27.9 Å². The van der Waals surface area contributed by atoms with Crippen molar-refractivity contribution in [1.29, 1.82) is 0 Å². The van der Waals surface area contributed by atoms with E-state index in [1.165, 1.54) is 19.1 Å². The number of esters is 1. The Hall–Kier alpha value is -4.79. The van der Waals surface area contributed by atoms with E-state index >= 15 is 0 Å². The van der Waals surface area contributed by atoms with E-state index in [1.54, 1.807) is 25.3 Å². The number of carbonyl (C=O) groups excluding carboxylic acids is 3. The van der Waals surface area contributed by atoms with Crippen molar-refractivity contribution in [2.45, 2.75) is 50.2 Å². The Balaban J connectivity index is 1.37. The number of ether oxygens (including phenoxy) is 4. The Bertz CT molecular complexity index is 1490. The molecule has 0 aromatic heterocycles. The molecule has 1 heterocycles. The van der Waals surface area contributed by atoms with Crippen molar-refractivity contribution >= 4 is 18.0 Å². The minimum absolute atomic E-state index is 0.0678. The average Bonchev–Trinajstić information content (AvgIpc) is 3.38. The number of alkyl carbamates (subject to hydrolysis) is 1. The second-order valence-electron chi connectivity index (χ2n) is 10.8. The third-order valence-corrected chi connectivity index (χ3v) is 8.29. The second-order valence-corrected chi connectivity index (χ2v) is 10.8. The van der Waals surface area contributed by atoms with Gasteiger partial charge >= 0.3 is 12.1 Å². The van der Waals surface area contributed by atoms with Crippen molar-refractivity contribution in [2.24, 2.45) is 0 Å². The number of hydrogen-bond acceptors (Lipinski definition) is 7. The minimum Gasteiger partial charge on any atom is -0.497 e. The van der Waals surface area contributed by atoms with Gasteiger partial charge in [0.25, 0.3) is 0 Å². The second kappa shape index (κ2) is 14.1. The standard InChI is InChI=1S/C35H38N2O7/c1-41-24-19-18-23(32(20-24)42-2)21-37-31(34(39)43-3)17-7-5-4-6-16-30(33(37)38)36-35(40)44-22-29-27-14-10-8-12-25(27)26-13-9-11-15-28(26)29/h4,6,8-15,18-20,29-31H,5,7,16-17,21-22H2,1-3H3,(H,36,40)/b6-4-/t30-,31-/m0/s1. The molecule has 2 aliphatic rings. The molecule has 0 saturated carbocycles. The maximum atomic E-state index is 14.2. The fraction of sp³-hybridized carbons (Fsp3) is 0.343. The molecule has 9 nitrogen and oxygen atoms in total. The summed E-state index contributed by atoms with van der Waals surface area (Å²) in [5.74, 6) is 0.0604. The Labute approximate surface area is 257 Å². The first kappa shape index (κ1) is 30.7. The highest BCUT2D eigenvalue weighted by Gasteiger charge is 2.36. The monoisotopic (exact) mass is 598 g/mol. The summed E-state index contributed by atoms with van der Waals surface area (Å²) in [6.07, 6.45) is 5.20. The molecule has 3 aromatic rings. The fourth-order valence-electron chi connectivity index (χ4n) is 6.03. The Morgan fingerprint density at radius 2 is 1.61 bits per heavy atom. The van der Waals surface area contributed by atoms with Gasteiger partial charge in [-0.05, 0) is 60.1 Å². The molecule has 2 atom stereocenters. The number of amides is 2. The van der Waals surface area contributed by atoms with Gasteiger partial charge in [-0.15, -0.1) is 0 Å². The Morgan fingerprint density at radius 1 is 0.909 bits per heavy atom. The van der Waals surface area contributed by atoms with Crippen molar-refractivity contribution < 1.29 is 33.3 Å². The first-order chi connectivity index (χ1) is 21.4. The number of benzene rings is 3. The summed E-state index contributed by atoms with van der Waals surface area (Å²) in [5.41, 5.74) is 5.13. The molecule has 0 saturated heterocycles. The number of carbonyl (C=O) groups is 3. The van der Waals surface area contributed by atoms with Gasteiger partial charge in [-0.1, -0.05) is 60.7 Å². The molecule has 1 N–H and O–H groups in total. The highest BCUT2D eigenvalue weighted by atomic mass is 16.5. The summed E-state index contributed by atoms with van der Waals surface area (Å²) in [5, 5.41) is 2.79. The van der Waals surface area contributed by atoms with E-state index in [0.717, 1.165) is 28.7 Å². The lowest BCUT2D eigenvalue weighted by Crippen LogP contribution is -2.54. The van der Waals surface area contributed by atoms with E-state index < -0.39 is 30.1 Å². The Kier molecular flexibility index (Phi) is 9.84. The van der Waals surface area contributed by atoms with E-state index in [1.807, 2.05) is 36.4 Å². The molecule has 9 heteroatoms. The highest BCUT2D eigenvalue weighted by molar-refractivity contribution is 5.90. The van der Waals surface area contributed by atoms with Crippen molar-refractivity contribution in [3.63, 3.8) is 0 Å². The molecule has 3 aromatic carbocycles. The van der Waals surface area contributed by atoms with Crippen LogP contribution in [-0.2, 0) is 25.6 Å². The van der Waals surface area contributed by atoms with Crippen molar-refractivity contribution in [1.82, 2.24) is 10.2 Å². The van der Waals surface area contributed by atoms with Crippen LogP contribution in [0.15, 0.2) is 78.9 Å². The largest absolute Gasteiger partial charge is 0.497 e. The van der Waals surface area contributed by atoms with E-state index in [9.17, 15) is 14.4 Å². The molecule has 0 bridgehead atoms. The summed E-state index contributed by atoms with van der Waals surface area (Å²) < 4.78 is 21.8. The number of nitrogens with one attached hydrogen (secondary N) is 1. The molecule has 0 fully saturated rings. The number of nitrogens with zero attached hydrogens (tertiary/aromatic N) is 1. The van der Waals surface area contributed by atoms with Crippen LogP contribution in [0.5, 0.6) is 11.5 Å². The lowest BCUT2D eigenvalue weighted by Gasteiger charge is -2.34. The van der Waals surface area contributed by atoms with Crippen LogP contribution in [0.4, 0.5) is 4.79 Å². The zero-order valence-corrected chi connectivity index (χ0v) is 25.3. The quantitative estimate of drug-likeness (QED) is 0.266. The molecule has 0 radical (unpaired) electrons. The lowest BCUT2D eigenvalue weighted by molar-refractivity contribution is -0.154. The summed E-state index contributed by atoms with van der Waals surface area (Å²) in [4.78, 5) is 41.9. The molecule has 1 aliphatic carbocycles. The van der Waals surface area contributed by atoms with E-state index in [0.29, 0.717) is 29.9 Å². The molecule has 230 valence electrons. The van der Waals surface area contributed by atoms with Gasteiger partial charge in [0.2, 0.25) is 5.91 Å². The first-order valence-corrected chi connectivity index (χ1v) is 14.8. The van der Waals surface area contributed by atoms with Crippen LogP contribution < -0.4 is 14.8 Å². The van der Waals surface area contributed by atoms with Gasteiger partial charge in [0.05, 0.1) is 27.9 Å². The normalized spacial score (nSPS) is 18.9. The molecule has 5 rings (SSSR count). The number of allylic oxidation sites excluding steroid dienone is 1. The predicted octanol–water partition coefficient (Wildman–Crippen LogP) is 5.61. The first-order valence-electron chi connectivity index (χ1n) is 14.8. The van der Waals surface area contributed by atoms with Gasteiger partial charge in [-0.3, -0.25) is 4.79 Å². The van der Waals surface area contributed by atoms with Crippen LogP contribution in [0, 0.1) is 0 Å². The number of fused-ring (bicyclic) bond motifs is 3. The van der Waals surface area contributed by atoms with Crippen molar-refractivity contribution in [3.05, 3.63) is 95.6 Å². The van der Waals surface area contributed by atoms with Crippen LogP contribution in [0.25, 0.3) is 11.1 Å². The molecule has 0 unspecified atom stereocenters. The summed E-state index contributed by atoms with van der Waals surface area (Å²) >= 11 is 0. The van der Waals surface area contributed by atoms with Crippen LogP contribution in [0.1, 0.15) is 48.3 Å². The summed E-state index contributed by atoms with van der Waals surface area (Å²) in [7, 11) is 4.40. The van der Waals surface area contributed by atoms with Gasteiger partial charge in [-0.2, -0.15) is 0 Å². The smallest absolute Gasteiger partial charge is 0.407 e. The molecule has 1 aliphatic heterocycles. The van der Waals surface area contributed by atoms with E-state index in [4.69, 9.17) is 18.9 Å². The number of rotatable bonds is 8. The predicted molar refractivity (Wildman–Crippen MR) is 166 cm³/mol. The fourth-order valence-corrected chi connectivity index (χ4v) is 6.03. The van der Waals surface area contributed by atoms with Crippen LogP contribution in [-0.4, -0.2) is 62.9 Å². The lowest BCUT2D eigenvalue weighted by atomic mass is 9.98. The number of hydrogen-bond donors (Lipinski definition) is 1. The maximum Gasteiger partial charge on any atom is 0.407 e. The van der Waals surface area contributed by atoms with Gasteiger partial charge in [-0.25, -0.2) is 9.59 Å². The molecule has 44 heavy (non-hydrogen) atoms. The third kappa shape index (κ3) is 6.56. The Morgan fingerprint density at radius 3 is 2.27 bits per heavy atom. The SMILES string of the molecule is COC(=O)[C@@H]1CCC/C=C\C[C@H](NC(=O)OCC2c3ccccc3-c3ccccc32)C(=O)N1Cc1ccc(OC)cc1OC. The van der Waals surface area contributed by atoms with E-state index in [2.05, 4.69) is 29.6 Å². The highest BCUT2D eigenvalue weighted by Crippen LogP contribution is 2.44. The molecule has 0 spiro atoms.